The highest BCUT2D eigenvalue weighted by atomic mass is 127. The molecule has 0 radical (unpaired) electrons. The molecule has 0 N–H and O–H groups in total. The monoisotopic (exact) mass is 351 g/mol. The van der Waals surface area contributed by atoms with Gasteiger partial charge in [-0.15, -0.1) is 0 Å². The van der Waals surface area contributed by atoms with Crippen LogP contribution >= 0.6 is 38.5 Å². The van der Waals surface area contributed by atoms with E-state index in [1.54, 1.807) is 0 Å². The van der Waals surface area contributed by atoms with Gasteiger partial charge in [-0.25, -0.2) is 0 Å². The molecule has 1 aromatic rings. The molecule has 0 amide bonds. The predicted molar refractivity (Wildman–Crippen MR) is 68.3 cm³/mol. The fourth-order valence-corrected chi connectivity index (χ4v) is 2.40. The zero-order valence-electron chi connectivity index (χ0n) is 7.26. The van der Waals surface area contributed by atoms with Crippen LogP contribution in [0.2, 0.25) is 0 Å². The van der Waals surface area contributed by atoms with Crippen molar-refractivity contribution in [2.45, 2.75) is 12.8 Å². The van der Waals surface area contributed by atoms with Gasteiger partial charge in [0.25, 0.3) is 0 Å². The molecule has 1 heterocycles. The lowest BCUT2D eigenvalue weighted by Gasteiger charge is -2.17. The van der Waals surface area contributed by atoms with E-state index in [2.05, 4.69) is 61.6 Å². The summed E-state index contributed by atoms with van der Waals surface area (Å²) in [6.45, 7) is 2.44. The Morgan fingerprint density at radius 3 is 2.54 bits per heavy atom. The van der Waals surface area contributed by atoms with E-state index in [-0.39, 0.29) is 0 Å². The first kappa shape index (κ1) is 9.77. The minimum atomic E-state index is 1.19. The van der Waals surface area contributed by atoms with Crippen molar-refractivity contribution in [1.82, 2.24) is 0 Å². The summed E-state index contributed by atoms with van der Waals surface area (Å²) >= 11 is 5.87. The largest absolute Gasteiger partial charge is 0.372 e. The second-order valence-corrected chi connectivity index (χ2v) is 5.31. The van der Waals surface area contributed by atoms with Crippen molar-refractivity contribution >= 4 is 44.2 Å². The summed E-state index contributed by atoms with van der Waals surface area (Å²) in [5.74, 6) is 0. The first-order valence-electron chi connectivity index (χ1n) is 4.47. The molecule has 0 atom stereocenters. The molecule has 2 rings (SSSR count). The summed E-state index contributed by atoms with van der Waals surface area (Å²) < 4.78 is 2.48. The topological polar surface area (TPSA) is 3.24 Å². The lowest BCUT2D eigenvalue weighted by molar-refractivity contribution is 0.949. The molecule has 0 spiro atoms. The average molecular weight is 352 g/mol. The van der Waals surface area contributed by atoms with Crippen LogP contribution in [-0.4, -0.2) is 13.1 Å². The molecule has 0 aromatic heterocycles. The standard InChI is InChI=1S/C10H11BrIN/c11-9-4-3-8(7-10(9)12)13-5-1-2-6-13/h3-4,7H,1-2,5-6H2. The Hall–Kier alpha value is 0.230. The van der Waals surface area contributed by atoms with Gasteiger partial charge in [0.05, 0.1) is 0 Å². The number of anilines is 1. The third-order valence-electron chi connectivity index (χ3n) is 2.37. The Morgan fingerprint density at radius 1 is 1.23 bits per heavy atom. The van der Waals surface area contributed by atoms with Crippen molar-refractivity contribution in [3.8, 4) is 0 Å². The van der Waals surface area contributed by atoms with Gasteiger partial charge in [0.2, 0.25) is 0 Å². The predicted octanol–water partition coefficient (Wildman–Crippen LogP) is 3.65. The molecular weight excluding hydrogens is 341 g/mol. The lowest BCUT2D eigenvalue weighted by Crippen LogP contribution is -2.17. The number of rotatable bonds is 1. The van der Waals surface area contributed by atoms with Crippen LogP contribution in [0.5, 0.6) is 0 Å². The number of nitrogens with zero attached hydrogens (tertiary/aromatic N) is 1. The van der Waals surface area contributed by atoms with Crippen LogP contribution in [0.1, 0.15) is 12.8 Å². The Balaban J connectivity index is 2.25. The van der Waals surface area contributed by atoms with E-state index in [4.69, 9.17) is 0 Å². The van der Waals surface area contributed by atoms with E-state index >= 15 is 0 Å². The maximum absolute atomic E-state index is 3.51. The Morgan fingerprint density at radius 2 is 1.92 bits per heavy atom. The van der Waals surface area contributed by atoms with Gasteiger partial charge in [0.1, 0.15) is 0 Å². The van der Waals surface area contributed by atoms with Crippen LogP contribution in [0.3, 0.4) is 0 Å². The van der Waals surface area contributed by atoms with Gasteiger partial charge in [-0.05, 0) is 69.6 Å². The quantitative estimate of drug-likeness (QED) is 0.698. The van der Waals surface area contributed by atoms with Gasteiger partial charge < -0.3 is 4.90 Å². The fourth-order valence-electron chi connectivity index (χ4n) is 1.66. The molecule has 1 nitrogen and oxygen atoms in total. The Labute approximate surface area is 101 Å². The second kappa shape index (κ2) is 4.17. The van der Waals surface area contributed by atoms with E-state index in [0.29, 0.717) is 0 Å². The third-order valence-corrected chi connectivity index (χ3v) is 4.70. The first-order valence-corrected chi connectivity index (χ1v) is 6.34. The summed E-state index contributed by atoms with van der Waals surface area (Å²) in [5.41, 5.74) is 1.37. The molecular formula is C10H11BrIN. The zero-order valence-corrected chi connectivity index (χ0v) is 11.0. The van der Waals surface area contributed by atoms with Crippen LogP contribution in [0.15, 0.2) is 22.7 Å². The van der Waals surface area contributed by atoms with Crippen molar-refractivity contribution in [2.24, 2.45) is 0 Å². The van der Waals surface area contributed by atoms with Crippen molar-refractivity contribution in [2.75, 3.05) is 18.0 Å². The van der Waals surface area contributed by atoms with E-state index in [9.17, 15) is 0 Å². The highest BCUT2D eigenvalue weighted by Gasteiger charge is 2.12. The molecule has 1 aliphatic rings. The van der Waals surface area contributed by atoms with Crippen molar-refractivity contribution in [3.63, 3.8) is 0 Å². The number of halogens is 2. The number of hydrogen-bond acceptors (Lipinski definition) is 1. The van der Waals surface area contributed by atoms with Gasteiger partial charge in [-0.1, -0.05) is 0 Å². The van der Waals surface area contributed by atoms with Crippen molar-refractivity contribution in [3.05, 3.63) is 26.2 Å². The van der Waals surface area contributed by atoms with E-state index in [1.807, 2.05) is 0 Å². The van der Waals surface area contributed by atoms with Gasteiger partial charge in [0.15, 0.2) is 0 Å². The van der Waals surface area contributed by atoms with Gasteiger partial charge in [-0.2, -0.15) is 0 Å². The van der Waals surface area contributed by atoms with E-state index < -0.39 is 0 Å². The molecule has 70 valence electrons. The number of benzene rings is 1. The molecule has 0 unspecified atom stereocenters. The summed E-state index contributed by atoms with van der Waals surface area (Å²) in [7, 11) is 0. The highest BCUT2D eigenvalue weighted by molar-refractivity contribution is 14.1. The number of hydrogen-bond donors (Lipinski definition) is 0. The summed E-state index contributed by atoms with van der Waals surface area (Å²) in [5, 5.41) is 0. The molecule has 1 fully saturated rings. The van der Waals surface area contributed by atoms with Crippen LogP contribution in [0.4, 0.5) is 5.69 Å². The lowest BCUT2D eigenvalue weighted by atomic mass is 10.3. The van der Waals surface area contributed by atoms with Gasteiger partial charge >= 0.3 is 0 Å². The normalized spacial score (nSPS) is 16.6. The van der Waals surface area contributed by atoms with E-state index in [0.717, 1.165) is 0 Å². The molecule has 3 heteroatoms. The second-order valence-electron chi connectivity index (χ2n) is 3.29. The fraction of sp³-hybridized carbons (Fsp3) is 0.400. The minimum Gasteiger partial charge on any atom is -0.372 e. The van der Waals surface area contributed by atoms with Crippen LogP contribution in [0, 0.1) is 3.57 Å². The maximum atomic E-state index is 3.51. The molecule has 1 aliphatic heterocycles. The zero-order chi connectivity index (χ0) is 9.26. The molecule has 0 bridgehead atoms. The Kier molecular flexibility index (Phi) is 3.14. The molecule has 0 aliphatic carbocycles. The highest BCUT2D eigenvalue weighted by Crippen LogP contribution is 2.26. The van der Waals surface area contributed by atoms with Crippen LogP contribution in [-0.2, 0) is 0 Å². The maximum Gasteiger partial charge on any atom is 0.0377 e. The molecule has 1 saturated heterocycles. The first-order chi connectivity index (χ1) is 6.27. The van der Waals surface area contributed by atoms with Gasteiger partial charge in [0, 0.05) is 26.8 Å². The van der Waals surface area contributed by atoms with Crippen molar-refractivity contribution < 1.29 is 0 Å². The van der Waals surface area contributed by atoms with E-state index in [1.165, 1.54) is 39.7 Å². The van der Waals surface area contributed by atoms with Crippen LogP contribution in [0.25, 0.3) is 0 Å². The molecule has 1 aromatic carbocycles. The van der Waals surface area contributed by atoms with Crippen LogP contribution < -0.4 is 4.90 Å². The average Bonchev–Trinajstić information content (AvgIpc) is 2.62. The summed E-state index contributed by atoms with van der Waals surface area (Å²) in [6.07, 6.45) is 2.68. The summed E-state index contributed by atoms with van der Waals surface area (Å²) in [6, 6.07) is 6.57. The molecule has 13 heavy (non-hydrogen) atoms. The third kappa shape index (κ3) is 2.18. The SMILES string of the molecule is Brc1ccc(N2CCCC2)cc1I. The minimum absolute atomic E-state index is 1.19. The summed E-state index contributed by atoms with van der Waals surface area (Å²) in [4.78, 5) is 2.45. The van der Waals surface area contributed by atoms with Crippen molar-refractivity contribution in [1.29, 1.82) is 0 Å². The molecule has 0 saturated carbocycles. The smallest absolute Gasteiger partial charge is 0.0377 e. The Bertz CT molecular complexity index is 308. The van der Waals surface area contributed by atoms with Gasteiger partial charge in [-0.3, -0.25) is 0 Å².